The molecular weight excluding hydrogens is 492 g/mol. The van der Waals surface area contributed by atoms with Crippen molar-refractivity contribution in [2.75, 3.05) is 5.01 Å². The second-order valence-corrected chi connectivity index (χ2v) is 15.8. The number of anilines is 1. The lowest BCUT2D eigenvalue weighted by atomic mass is 10.0. The molecule has 0 spiro atoms. The molecule has 0 radical (unpaired) electrons. The summed E-state index contributed by atoms with van der Waals surface area (Å²) in [5, 5.41) is 7.65. The molecule has 0 saturated carbocycles. The molecule has 6 nitrogen and oxygen atoms in total. The number of amides is 1. The van der Waals surface area contributed by atoms with E-state index in [9.17, 15) is 9.59 Å². The zero-order chi connectivity index (χ0) is 27.7. The second-order valence-electron chi connectivity index (χ2n) is 11.5. The van der Waals surface area contributed by atoms with Gasteiger partial charge in [-0.3, -0.25) is 4.79 Å². The highest BCUT2D eigenvalue weighted by molar-refractivity contribution is 6.99. The van der Waals surface area contributed by atoms with E-state index in [-0.39, 0.29) is 16.7 Å². The van der Waals surface area contributed by atoms with Gasteiger partial charge in [-0.2, -0.15) is 5.10 Å². The molecule has 4 rings (SSSR count). The Bertz CT molecular complexity index is 1300. The van der Waals surface area contributed by atoms with Gasteiger partial charge >= 0.3 is 5.97 Å². The molecule has 0 aliphatic carbocycles. The van der Waals surface area contributed by atoms with Crippen molar-refractivity contribution in [2.24, 2.45) is 5.10 Å². The van der Waals surface area contributed by atoms with Crippen molar-refractivity contribution in [3.05, 3.63) is 90.5 Å². The second kappa shape index (κ2) is 10.3. The van der Waals surface area contributed by atoms with Gasteiger partial charge in [0, 0.05) is 12.5 Å². The number of fused-ring (bicyclic) bond motifs is 1. The van der Waals surface area contributed by atoms with Gasteiger partial charge in [-0.15, -0.1) is 0 Å². The van der Waals surface area contributed by atoms with Crippen LogP contribution in [0.3, 0.4) is 0 Å². The lowest BCUT2D eigenvalue weighted by Crippen LogP contribution is -2.67. The minimum atomic E-state index is -3.09. The van der Waals surface area contributed by atoms with Crippen LogP contribution >= 0.6 is 0 Å². The first kappa shape index (κ1) is 27.5. The fourth-order valence-electron chi connectivity index (χ4n) is 4.97. The topological polar surface area (TPSA) is 68.2 Å². The lowest BCUT2D eigenvalue weighted by molar-refractivity contribution is -0.146. The molecular formula is C31H36N2O4Si. The van der Waals surface area contributed by atoms with Gasteiger partial charge in [0.25, 0.3) is 8.32 Å². The van der Waals surface area contributed by atoms with Gasteiger partial charge in [0.15, 0.2) is 5.71 Å². The molecule has 198 valence electrons. The third kappa shape index (κ3) is 5.21. The smallest absolute Gasteiger partial charge is 0.358 e. The van der Waals surface area contributed by atoms with E-state index < -0.39 is 26.0 Å². The van der Waals surface area contributed by atoms with E-state index in [1.54, 1.807) is 0 Å². The number of carbonyl (C=O) groups is 2. The minimum absolute atomic E-state index is 0.0572. The SMILES string of the molecule is CC(=O)N1N=C(C(=O)OC(C)(C)C)C(O[Si](c2ccccc2)(c2ccccc2)C(C)(C)C)c2ccccc21. The summed E-state index contributed by atoms with van der Waals surface area (Å²) < 4.78 is 13.2. The molecule has 7 heteroatoms. The van der Waals surface area contributed by atoms with Crippen molar-refractivity contribution in [3.8, 4) is 0 Å². The molecule has 1 amide bonds. The Kier molecular flexibility index (Phi) is 7.45. The van der Waals surface area contributed by atoms with Gasteiger partial charge in [-0.05, 0) is 42.2 Å². The number of rotatable bonds is 5. The molecule has 1 aliphatic heterocycles. The van der Waals surface area contributed by atoms with Gasteiger partial charge in [0.05, 0.1) is 5.69 Å². The van der Waals surface area contributed by atoms with Crippen molar-refractivity contribution in [1.82, 2.24) is 0 Å². The van der Waals surface area contributed by atoms with Crippen molar-refractivity contribution in [2.45, 2.75) is 65.2 Å². The number of hydrogen-bond acceptors (Lipinski definition) is 5. The summed E-state index contributed by atoms with van der Waals surface area (Å²) in [5.41, 5.74) is 0.600. The van der Waals surface area contributed by atoms with E-state index in [2.05, 4.69) is 50.1 Å². The molecule has 1 atom stereocenters. The number of nitrogens with zero attached hydrogens (tertiary/aromatic N) is 2. The molecule has 3 aromatic rings. The van der Waals surface area contributed by atoms with Crippen LogP contribution in [0.5, 0.6) is 0 Å². The average molecular weight is 529 g/mol. The minimum Gasteiger partial charge on any atom is -0.455 e. The molecule has 0 N–H and O–H groups in total. The van der Waals surface area contributed by atoms with Crippen LogP contribution in [0.25, 0.3) is 0 Å². The first-order valence-electron chi connectivity index (χ1n) is 12.9. The van der Waals surface area contributed by atoms with Crippen LogP contribution in [-0.2, 0) is 18.8 Å². The summed E-state index contributed by atoms with van der Waals surface area (Å²) in [5.74, 6) is -0.913. The monoisotopic (exact) mass is 528 g/mol. The number of hydrogen-bond donors (Lipinski definition) is 0. The lowest BCUT2D eigenvalue weighted by Gasteiger charge is -2.46. The van der Waals surface area contributed by atoms with E-state index in [0.717, 1.165) is 10.4 Å². The molecule has 1 unspecified atom stereocenters. The number of ether oxygens (including phenoxy) is 1. The average Bonchev–Trinajstić information content (AvgIpc) is 2.86. The van der Waals surface area contributed by atoms with E-state index >= 15 is 0 Å². The van der Waals surface area contributed by atoms with Gasteiger partial charge in [-0.1, -0.05) is 99.6 Å². The van der Waals surface area contributed by atoms with Gasteiger partial charge in [-0.25, -0.2) is 9.80 Å². The quantitative estimate of drug-likeness (QED) is 0.330. The van der Waals surface area contributed by atoms with Crippen LogP contribution in [-0.4, -0.2) is 31.5 Å². The van der Waals surface area contributed by atoms with Gasteiger partial charge < -0.3 is 9.16 Å². The molecule has 0 aromatic heterocycles. The molecule has 0 fully saturated rings. The highest BCUT2D eigenvalue weighted by Crippen LogP contribution is 2.43. The molecule has 0 bridgehead atoms. The van der Waals surface area contributed by atoms with Crippen molar-refractivity contribution < 1.29 is 18.8 Å². The predicted octanol–water partition coefficient (Wildman–Crippen LogP) is 5.37. The third-order valence-corrected chi connectivity index (χ3v) is 11.5. The van der Waals surface area contributed by atoms with Crippen molar-refractivity contribution >= 4 is 42.0 Å². The Labute approximate surface area is 226 Å². The summed E-state index contributed by atoms with van der Waals surface area (Å²) in [6.07, 6.45) is -0.844. The highest BCUT2D eigenvalue weighted by Gasteiger charge is 2.53. The fraction of sp³-hybridized carbons (Fsp3) is 0.323. The van der Waals surface area contributed by atoms with Crippen LogP contribution < -0.4 is 15.4 Å². The number of carbonyl (C=O) groups excluding carboxylic acids is 2. The number of hydrazone groups is 1. The summed E-state index contributed by atoms with van der Waals surface area (Å²) in [4.78, 5) is 26.3. The van der Waals surface area contributed by atoms with Gasteiger partial charge in [0.1, 0.15) is 11.7 Å². The molecule has 3 aromatic carbocycles. The first-order chi connectivity index (χ1) is 17.8. The van der Waals surface area contributed by atoms with Crippen LogP contribution in [0.15, 0.2) is 90.0 Å². The normalized spacial score (nSPS) is 15.9. The molecule has 0 saturated heterocycles. The summed E-state index contributed by atoms with van der Waals surface area (Å²) in [7, 11) is -3.09. The Hall–Kier alpha value is -3.55. The maximum atomic E-state index is 13.7. The van der Waals surface area contributed by atoms with Crippen LogP contribution in [0.1, 0.15) is 60.1 Å². The van der Waals surface area contributed by atoms with E-state index in [1.165, 1.54) is 11.9 Å². The van der Waals surface area contributed by atoms with Crippen molar-refractivity contribution in [3.63, 3.8) is 0 Å². The maximum absolute atomic E-state index is 13.7. The van der Waals surface area contributed by atoms with Crippen molar-refractivity contribution in [1.29, 1.82) is 0 Å². The Morgan fingerprint density at radius 2 is 1.29 bits per heavy atom. The Morgan fingerprint density at radius 3 is 1.76 bits per heavy atom. The summed E-state index contributed by atoms with van der Waals surface area (Å²) in [6.45, 7) is 13.4. The Morgan fingerprint density at radius 1 is 0.789 bits per heavy atom. The van der Waals surface area contributed by atoms with E-state index in [4.69, 9.17) is 9.16 Å². The zero-order valence-electron chi connectivity index (χ0n) is 23.2. The van der Waals surface area contributed by atoms with Crippen LogP contribution in [0.2, 0.25) is 5.04 Å². The third-order valence-electron chi connectivity index (χ3n) is 6.52. The molecule has 1 heterocycles. The number of esters is 1. The number of benzene rings is 3. The summed E-state index contributed by atoms with van der Waals surface area (Å²) >= 11 is 0. The standard InChI is InChI=1S/C31H36N2O4Si/c1-22(34)33-26-21-15-14-20-25(26)28(27(32-33)29(35)36-30(2,3)4)37-38(31(5,6)7,23-16-10-8-11-17-23)24-18-12-9-13-19-24/h8-21,28H,1-7H3. The Balaban J connectivity index is 2.00. The maximum Gasteiger partial charge on any atom is 0.358 e. The zero-order valence-corrected chi connectivity index (χ0v) is 24.2. The fourth-order valence-corrected chi connectivity index (χ4v) is 9.58. The highest BCUT2D eigenvalue weighted by atomic mass is 28.4. The van der Waals surface area contributed by atoms with Gasteiger partial charge in [0.2, 0.25) is 5.91 Å². The van der Waals surface area contributed by atoms with E-state index in [0.29, 0.717) is 11.3 Å². The molecule has 1 aliphatic rings. The number of para-hydroxylation sites is 1. The summed E-state index contributed by atoms with van der Waals surface area (Å²) in [6, 6.07) is 27.9. The predicted molar refractivity (Wildman–Crippen MR) is 154 cm³/mol. The van der Waals surface area contributed by atoms with Crippen LogP contribution in [0, 0.1) is 0 Å². The largest absolute Gasteiger partial charge is 0.455 e. The first-order valence-corrected chi connectivity index (χ1v) is 14.8. The van der Waals surface area contributed by atoms with E-state index in [1.807, 2.05) is 81.4 Å². The van der Waals surface area contributed by atoms with Crippen LogP contribution in [0.4, 0.5) is 5.69 Å². The molecule has 38 heavy (non-hydrogen) atoms.